The monoisotopic (exact) mass is 354 g/mol. The summed E-state index contributed by atoms with van der Waals surface area (Å²) in [4.78, 5) is 16.4. The molecule has 1 N–H and O–H groups in total. The molecule has 25 heavy (non-hydrogen) atoms. The number of anilines is 1. The van der Waals surface area contributed by atoms with Gasteiger partial charge in [-0.25, -0.2) is 4.98 Å². The smallest absolute Gasteiger partial charge is 0.224 e. The Hall–Kier alpha value is -2.59. The molecule has 0 spiro atoms. The van der Waals surface area contributed by atoms with Crippen LogP contribution in [0.1, 0.15) is 23.4 Å². The van der Waals surface area contributed by atoms with Crippen LogP contribution < -0.4 is 5.32 Å². The molecule has 0 fully saturated rings. The second kappa shape index (κ2) is 7.53. The highest BCUT2D eigenvalue weighted by Gasteiger charge is 2.09. The van der Waals surface area contributed by atoms with Gasteiger partial charge >= 0.3 is 0 Å². The van der Waals surface area contributed by atoms with Gasteiger partial charge in [-0.1, -0.05) is 17.7 Å². The molecule has 0 atom stereocenters. The van der Waals surface area contributed by atoms with Crippen LogP contribution in [0.4, 0.5) is 5.69 Å². The maximum atomic E-state index is 12.1. The summed E-state index contributed by atoms with van der Waals surface area (Å²) in [5, 5.41) is 3.59. The van der Waals surface area contributed by atoms with Crippen molar-refractivity contribution in [1.29, 1.82) is 0 Å². The first-order valence-corrected chi connectivity index (χ1v) is 8.46. The molecule has 0 aliphatic heterocycles. The van der Waals surface area contributed by atoms with Crippen LogP contribution >= 0.6 is 11.6 Å². The Labute approximate surface area is 151 Å². The molecule has 3 rings (SSSR count). The van der Waals surface area contributed by atoms with E-state index in [4.69, 9.17) is 16.0 Å². The quantitative estimate of drug-likeness (QED) is 0.686. The van der Waals surface area contributed by atoms with Crippen molar-refractivity contribution in [2.75, 3.05) is 5.32 Å². The largest absolute Gasteiger partial charge is 0.441 e. The molecule has 0 bridgehead atoms. The normalized spacial score (nSPS) is 10.7. The molecule has 2 aromatic carbocycles. The van der Waals surface area contributed by atoms with Crippen LogP contribution in [-0.2, 0) is 11.2 Å². The minimum Gasteiger partial charge on any atom is -0.441 e. The van der Waals surface area contributed by atoms with Crippen LogP contribution in [-0.4, -0.2) is 10.9 Å². The van der Waals surface area contributed by atoms with Crippen LogP contribution in [0.2, 0.25) is 5.02 Å². The molecule has 0 unspecified atom stereocenters. The van der Waals surface area contributed by atoms with Crippen LogP contribution in [0, 0.1) is 13.8 Å². The third-order valence-electron chi connectivity index (χ3n) is 3.75. The number of aromatic nitrogens is 1. The van der Waals surface area contributed by atoms with Crippen molar-refractivity contribution >= 4 is 23.2 Å². The first-order valence-electron chi connectivity index (χ1n) is 8.08. The minimum absolute atomic E-state index is 0.0590. The fourth-order valence-electron chi connectivity index (χ4n) is 2.66. The highest BCUT2D eigenvalue weighted by molar-refractivity contribution is 6.30. The van der Waals surface area contributed by atoms with Crippen molar-refractivity contribution < 1.29 is 9.21 Å². The van der Waals surface area contributed by atoms with Crippen LogP contribution in [0.15, 0.2) is 53.1 Å². The number of carbonyl (C=O) groups is 1. The molecule has 4 nitrogen and oxygen atoms in total. The Morgan fingerprint density at radius 3 is 2.48 bits per heavy atom. The molecule has 128 valence electrons. The number of nitrogens with one attached hydrogen (secondary N) is 1. The number of rotatable bonds is 5. The number of carbonyl (C=O) groups excluding carboxylic acids is 1. The topological polar surface area (TPSA) is 55.1 Å². The molecule has 0 saturated heterocycles. The zero-order valence-electron chi connectivity index (χ0n) is 14.2. The summed E-state index contributed by atoms with van der Waals surface area (Å²) in [6.45, 7) is 4.02. The van der Waals surface area contributed by atoms with Gasteiger partial charge in [-0.2, -0.15) is 0 Å². The Balaban J connectivity index is 1.58. The molecule has 5 heteroatoms. The lowest BCUT2D eigenvalue weighted by Crippen LogP contribution is -2.12. The average Bonchev–Trinajstić information content (AvgIpc) is 3.01. The summed E-state index contributed by atoms with van der Waals surface area (Å²) in [5.41, 5.74) is 3.96. The van der Waals surface area contributed by atoms with E-state index in [1.54, 1.807) is 18.3 Å². The molecule has 0 radical (unpaired) electrons. The lowest BCUT2D eigenvalue weighted by Gasteiger charge is -2.07. The van der Waals surface area contributed by atoms with Gasteiger partial charge in [0, 0.05) is 29.1 Å². The lowest BCUT2D eigenvalue weighted by atomic mass is 10.1. The minimum atomic E-state index is -0.0590. The summed E-state index contributed by atoms with van der Waals surface area (Å²) in [6, 6.07) is 13.3. The van der Waals surface area contributed by atoms with Crippen LogP contribution in [0.3, 0.4) is 0 Å². The van der Waals surface area contributed by atoms with Gasteiger partial charge < -0.3 is 9.73 Å². The first-order chi connectivity index (χ1) is 12.0. The van der Waals surface area contributed by atoms with Crippen molar-refractivity contribution in [2.24, 2.45) is 0 Å². The number of amides is 1. The number of aryl methyl sites for hydroxylation is 3. The summed E-state index contributed by atoms with van der Waals surface area (Å²) < 4.78 is 5.71. The highest BCUT2D eigenvalue weighted by atomic mass is 35.5. The molecule has 1 heterocycles. The highest BCUT2D eigenvalue weighted by Crippen LogP contribution is 2.23. The standard InChI is InChI=1S/C20H19ClN2O2/c1-13-9-14(2)11-17(10-13)23-19(24)7-8-20-22-12-18(25-20)15-3-5-16(21)6-4-15/h3-6,9-12H,7-8H2,1-2H3,(H,23,24). The van der Waals surface area contributed by atoms with Gasteiger partial charge in [0.2, 0.25) is 5.91 Å². The van der Waals surface area contributed by atoms with Gasteiger partial charge in [0.15, 0.2) is 11.7 Å². The molecule has 3 aromatic rings. The van der Waals surface area contributed by atoms with E-state index >= 15 is 0 Å². The van der Waals surface area contributed by atoms with Crippen molar-refractivity contribution in [1.82, 2.24) is 4.98 Å². The lowest BCUT2D eigenvalue weighted by molar-refractivity contribution is -0.116. The van der Waals surface area contributed by atoms with Crippen molar-refractivity contribution in [3.05, 3.63) is 70.7 Å². The molecule has 1 amide bonds. The molecule has 0 aliphatic carbocycles. The molecular weight excluding hydrogens is 336 g/mol. The van der Waals surface area contributed by atoms with E-state index in [9.17, 15) is 4.79 Å². The zero-order chi connectivity index (χ0) is 17.8. The summed E-state index contributed by atoms with van der Waals surface area (Å²) in [6.07, 6.45) is 2.43. The number of hydrogen-bond acceptors (Lipinski definition) is 3. The Kier molecular flexibility index (Phi) is 5.19. The number of oxazole rings is 1. The van der Waals surface area contributed by atoms with Crippen LogP contribution in [0.5, 0.6) is 0 Å². The molecule has 1 aromatic heterocycles. The fraction of sp³-hybridized carbons (Fsp3) is 0.200. The number of nitrogens with zero attached hydrogens (tertiary/aromatic N) is 1. The van der Waals surface area contributed by atoms with E-state index in [2.05, 4.69) is 16.4 Å². The zero-order valence-corrected chi connectivity index (χ0v) is 14.9. The second-order valence-corrected chi connectivity index (χ2v) is 6.49. The maximum Gasteiger partial charge on any atom is 0.224 e. The predicted molar refractivity (Wildman–Crippen MR) is 99.8 cm³/mol. The van der Waals surface area contributed by atoms with Gasteiger partial charge in [-0.3, -0.25) is 4.79 Å². The second-order valence-electron chi connectivity index (χ2n) is 6.05. The Bertz CT molecular complexity index is 865. The van der Waals surface area contributed by atoms with Gasteiger partial charge in [0.1, 0.15) is 0 Å². The summed E-state index contributed by atoms with van der Waals surface area (Å²) >= 11 is 5.88. The summed E-state index contributed by atoms with van der Waals surface area (Å²) in [7, 11) is 0. The van der Waals surface area contributed by atoms with Gasteiger partial charge in [-0.15, -0.1) is 0 Å². The number of hydrogen-bond donors (Lipinski definition) is 1. The van der Waals surface area contributed by atoms with E-state index in [0.29, 0.717) is 29.5 Å². The third-order valence-corrected chi connectivity index (χ3v) is 4.01. The molecule has 0 aliphatic rings. The van der Waals surface area contributed by atoms with Crippen LogP contribution in [0.25, 0.3) is 11.3 Å². The number of halogens is 1. The predicted octanol–water partition coefficient (Wildman–Crippen LogP) is 5.18. The molecular formula is C20H19ClN2O2. The van der Waals surface area contributed by atoms with E-state index in [1.165, 1.54) is 0 Å². The van der Waals surface area contributed by atoms with E-state index < -0.39 is 0 Å². The SMILES string of the molecule is Cc1cc(C)cc(NC(=O)CCc2ncc(-c3ccc(Cl)cc3)o2)c1. The van der Waals surface area contributed by atoms with Gasteiger partial charge in [0.25, 0.3) is 0 Å². The van der Waals surface area contributed by atoms with Gasteiger partial charge in [-0.05, 0) is 61.4 Å². The first kappa shape index (κ1) is 17.2. The maximum absolute atomic E-state index is 12.1. The van der Waals surface area contributed by atoms with Crippen molar-refractivity contribution in [3.63, 3.8) is 0 Å². The third kappa shape index (κ3) is 4.70. The van der Waals surface area contributed by atoms with Gasteiger partial charge in [0.05, 0.1) is 6.20 Å². The number of benzene rings is 2. The fourth-order valence-corrected chi connectivity index (χ4v) is 2.79. The van der Waals surface area contributed by atoms with E-state index in [0.717, 1.165) is 22.4 Å². The molecule has 0 saturated carbocycles. The Morgan fingerprint density at radius 2 is 1.80 bits per heavy atom. The van der Waals surface area contributed by atoms with Crippen molar-refractivity contribution in [3.8, 4) is 11.3 Å². The summed E-state index contributed by atoms with van der Waals surface area (Å²) in [5.74, 6) is 1.15. The van der Waals surface area contributed by atoms with Crippen molar-refractivity contribution in [2.45, 2.75) is 26.7 Å². The van der Waals surface area contributed by atoms with E-state index in [-0.39, 0.29) is 5.91 Å². The Morgan fingerprint density at radius 1 is 1.12 bits per heavy atom. The average molecular weight is 355 g/mol. The van der Waals surface area contributed by atoms with E-state index in [1.807, 2.05) is 38.1 Å².